The van der Waals surface area contributed by atoms with Gasteiger partial charge in [-0.2, -0.15) is 0 Å². The van der Waals surface area contributed by atoms with E-state index in [2.05, 4.69) is 73.6 Å². The molecule has 2 unspecified atom stereocenters. The Bertz CT molecular complexity index is 902. The molecule has 170 valence electrons. The van der Waals surface area contributed by atoms with Crippen molar-refractivity contribution in [2.45, 2.75) is 97.1 Å². The van der Waals surface area contributed by atoms with E-state index in [0.29, 0.717) is 14.3 Å². The highest BCUT2D eigenvalue weighted by Crippen LogP contribution is 2.51. The van der Waals surface area contributed by atoms with Crippen molar-refractivity contribution in [2.24, 2.45) is 0 Å². The van der Waals surface area contributed by atoms with Crippen molar-refractivity contribution in [1.82, 2.24) is 0 Å². The third kappa shape index (κ3) is 6.19. The van der Waals surface area contributed by atoms with Crippen molar-refractivity contribution in [3.63, 3.8) is 0 Å². The van der Waals surface area contributed by atoms with Gasteiger partial charge in [-0.1, -0.05) is 120 Å². The molecule has 0 saturated heterocycles. The van der Waals surface area contributed by atoms with Crippen LogP contribution < -0.4 is 5.30 Å². The zero-order valence-electron chi connectivity index (χ0n) is 20.7. The molecular weight excluding hydrogens is 399 g/mol. The average Bonchev–Trinajstić information content (AvgIpc) is 2.67. The topological polar surface area (TPSA) is 37.3 Å². The molecule has 2 aromatic carbocycles. The molecule has 31 heavy (non-hydrogen) atoms. The van der Waals surface area contributed by atoms with E-state index >= 15 is 0 Å². The highest BCUT2D eigenvalue weighted by Gasteiger charge is 2.34. The fourth-order valence-electron chi connectivity index (χ4n) is 4.06. The molecule has 0 aromatic heterocycles. The minimum absolute atomic E-state index is 0.0173. The third-order valence-electron chi connectivity index (χ3n) is 6.16. The van der Waals surface area contributed by atoms with Gasteiger partial charge in [-0.25, -0.2) is 0 Å². The molecule has 0 fully saturated rings. The number of carbonyl (C=O) groups is 1. The van der Waals surface area contributed by atoms with Gasteiger partial charge in [0.25, 0.3) is 0 Å². The largest absolute Gasteiger partial charge is 0.507 e. The summed E-state index contributed by atoms with van der Waals surface area (Å²) in [6.45, 7) is 17.7. The molecule has 0 aliphatic rings. The Morgan fingerprint density at radius 1 is 0.903 bits per heavy atom. The first-order valence-corrected chi connectivity index (χ1v) is 12.5. The smallest absolute Gasteiger partial charge is 0.150 e. The highest BCUT2D eigenvalue weighted by molar-refractivity contribution is 7.48. The fraction of sp³-hybridized carbons (Fsp3) is 0.536. The summed E-state index contributed by atoms with van der Waals surface area (Å²) in [5.74, 6) is 0.426. The quantitative estimate of drug-likeness (QED) is 0.261. The number of hydrogen-bond acceptors (Lipinski definition) is 2. The number of unbranched alkanes of at least 4 members (excludes halogenated alkanes) is 2. The minimum Gasteiger partial charge on any atom is -0.507 e. The number of aromatic hydroxyl groups is 1. The van der Waals surface area contributed by atoms with Crippen LogP contribution in [0.1, 0.15) is 108 Å². The summed E-state index contributed by atoms with van der Waals surface area (Å²) < 4.78 is 0. The number of hydrogen-bond donors (Lipinski definition) is 1. The first-order valence-electron chi connectivity index (χ1n) is 11.5. The van der Waals surface area contributed by atoms with E-state index in [4.69, 9.17) is 0 Å². The van der Waals surface area contributed by atoms with Gasteiger partial charge in [-0.15, -0.1) is 0 Å². The molecule has 0 amide bonds. The monoisotopic (exact) mass is 440 g/mol. The number of phenolic OH excluding ortho intramolecular Hbond substituents is 1. The maximum absolute atomic E-state index is 11.7. The Morgan fingerprint density at radius 2 is 1.52 bits per heavy atom. The van der Waals surface area contributed by atoms with E-state index in [9.17, 15) is 9.90 Å². The second-order valence-corrected chi connectivity index (χ2v) is 12.9. The number of carbonyl (C=O) groups excluding carboxylic acids is 1. The van der Waals surface area contributed by atoms with Gasteiger partial charge in [-0.05, 0) is 33.7 Å². The second-order valence-electron chi connectivity index (χ2n) is 11.0. The molecule has 0 bridgehead atoms. The van der Waals surface area contributed by atoms with E-state index in [1.807, 2.05) is 18.2 Å². The number of aldehydes is 1. The van der Waals surface area contributed by atoms with Gasteiger partial charge in [0.15, 0.2) is 6.29 Å². The summed E-state index contributed by atoms with van der Waals surface area (Å²) in [5, 5.41) is 12.4. The molecule has 3 heteroatoms. The molecule has 2 aromatic rings. The van der Waals surface area contributed by atoms with Gasteiger partial charge >= 0.3 is 0 Å². The summed E-state index contributed by atoms with van der Waals surface area (Å²) >= 11 is 0. The van der Waals surface area contributed by atoms with E-state index < -0.39 is 0 Å². The van der Waals surface area contributed by atoms with Crippen LogP contribution in [-0.4, -0.2) is 11.4 Å². The Morgan fingerprint density at radius 3 is 2.06 bits per heavy atom. The molecule has 0 saturated carbocycles. The van der Waals surface area contributed by atoms with E-state index in [1.165, 1.54) is 12.0 Å². The summed E-state index contributed by atoms with van der Waals surface area (Å²) in [4.78, 5) is 11.7. The lowest BCUT2D eigenvalue weighted by atomic mass is 9.77. The van der Waals surface area contributed by atoms with Crippen molar-refractivity contribution >= 4 is 20.2 Å². The van der Waals surface area contributed by atoms with Crippen LogP contribution in [0.4, 0.5) is 0 Å². The van der Waals surface area contributed by atoms with Gasteiger partial charge in [0.05, 0.1) is 0 Å². The molecule has 0 spiro atoms. The van der Waals surface area contributed by atoms with E-state index in [1.54, 1.807) is 0 Å². The first kappa shape index (κ1) is 25.6. The Balaban J connectivity index is 2.73. The van der Waals surface area contributed by atoms with Crippen LogP contribution in [0, 0.1) is 0 Å². The maximum atomic E-state index is 11.7. The molecule has 0 heterocycles. The average molecular weight is 441 g/mol. The van der Waals surface area contributed by atoms with Crippen molar-refractivity contribution in [1.29, 1.82) is 0 Å². The second kappa shape index (κ2) is 9.86. The SMILES string of the molecule is CCCCCC(C)(Pc1ccccc1C=O)c1cc(C(C)(C)C)cc(C(C)(C)C)c1O. The molecule has 1 N–H and O–H groups in total. The van der Waals surface area contributed by atoms with Crippen LogP contribution in [-0.2, 0) is 16.0 Å². The lowest BCUT2D eigenvalue weighted by Gasteiger charge is -2.36. The number of rotatable bonds is 8. The Labute approximate surface area is 191 Å². The van der Waals surface area contributed by atoms with Crippen LogP contribution >= 0.6 is 8.58 Å². The molecule has 0 aliphatic heterocycles. The summed E-state index contributed by atoms with van der Waals surface area (Å²) in [5.41, 5.74) is 3.86. The normalized spacial score (nSPS) is 14.7. The molecular formula is C28H41O2P. The first-order chi connectivity index (χ1) is 14.3. The van der Waals surface area contributed by atoms with Crippen LogP contribution in [0.5, 0.6) is 5.75 Å². The maximum Gasteiger partial charge on any atom is 0.150 e. The molecule has 2 atom stereocenters. The standard InChI is InChI=1S/C28H41O2P/c1-9-10-13-16-28(8,31-24-15-12-11-14-20(24)19-29)23-18-21(26(2,3)4)17-22(25(23)30)27(5,6)7/h11-12,14-15,17-19,30-31H,9-10,13,16H2,1-8H3. The third-order valence-corrected chi connectivity index (χ3v) is 7.95. The number of phenols is 1. The summed E-state index contributed by atoms with van der Waals surface area (Å²) in [6.07, 6.45) is 5.37. The van der Waals surface area contributed by atoms with Crippen LogP contribution in [0.3, 0.4) is 0 Å². The minimum atomic E-state index is -0.236. The van der Waals surface area contributed by atoms with Gasteiger partial charge in [-0.3, -0.25) is 4.79 Å². The lowest BCUT2D eigenvalue weighted by molar-refractivity contribution is 0.112. The Kier molecular flexibility index (Phi) is 8.15. The van der Waals surface area contributed by atoms with Gasteiger partial charge in [0.1, 0.15) is 5.75 Å². The molecule has 0 radical (unpaired) electrons. The van der Waals surface area contributed by atoms with E-state index in [0.717, 1.165) is 47.5 Å². The predicted octanol–water partition coefficient (Wildman–Crippen LogP) is 7.60. The van der Waals surface area contributed by atoms with Crippen molar-refractivity contribution < 1.29 is 9.90 Å². The van der Waals surface area contributed by atoms with E-state index in [-0.39, 0.29) is 16.0 Å². The van der Waals surface area contributed by atoms with Gasteiger partial charge < -0.3 is 5.11 Å². The molecule has 0 aliphatic carbocycles. The van der Waals surface area contributed by atoms with Crippen molar-refractivity contribution in [3.05, 3.63) is 58.7 Å². The summed E-state index contributed by atoms with van der Waals surface area (Å²) in [6, 6.07) is 12.3. The number of benzene rings is 2. The predicted molar refractivity (Wildman–Crippen MR) is 137 cm³/mol. The van der Waals surface area contributed by atoms with Gasteiger partial charge in [0, 0.05) is 16.3 Å². The molecule has 2 rings (SSSR count). The zero-order valence-corrected chi connectivity index (χ0v) is 21.7. The van der Waals surface area contributed by atoms with Crippen molar-refractivity contribution in [3.8, 4) is 5.75 Å². The summed E-state index contributed by atoms with van der Waals surface area (Å²) in [7, 11) is 0.408. The highest BCUT2D eigenvalue weighted by atomic mass is 31.1. The van der Waals surface area contributed by atoms with Crippen molar-refractivity contribution in [2.75, 3.05) is 0 Å². The van der Waals surface area contributed by atoms with Gasteiger partial charge in [0.2, 0.25) is 0 Å². The molecule has 2 nitrogen and oxygen atoms in total. The van der Waals surface area contributed by atoms with Crippen LogP contribution in [0.15, 0.2) is 36.4 Å². The van der Waals surface area contributed by atoms with Crippen LogP contribution in [0.25, 0.3) is 0 Å². The Hall–Kier alpha value is -1.66. The van der Waals surface area contributed by atoms with Crippen LogP contribution in [0.2, 0.25) is 0 Å². The fourth-order valence-corrected chi connectivity index (χ4v) is 5.75. The lowest BCUT2D eigenvalue weighted by Crippen LogP contribution is -2.25. The zero-order chi connectivity index (χ0) is 23.4.